The van der Waals surface area contributed by atoms with Crippen molar-refractivity contribution in [3.8, 4) is 6.07 Å². The van der Waals surface area contributed by atoms with E-state index >= 15 is 0 Å². The average molecular weight is 217 g/mol. The number of nitrogens with zero attached hydrogens (tertiary/aromatic N) is 1. The van der Waals surface area contributed by atoms with E-state index in [1.54, 1.807) is 6.92 Å². The molecule has 0 spiro atoms. The third-order valence-electron chi connectivity index (χ3n) is 1.04. The Morgan fingerprint density at radius 2 is 2.45 bits per heavy atom. The highest BCUT2D eigenvalue weighted by Gasteiger charge is 2.09. The van der Waals surface area contributed by atoms with Gasteiger partial charge in [0.15, 0.2) is 0 Å². The molecule has 1 amide bonds. The quantitative estimate of drug-likeness (QED) is 0.771. The van der Waals surface area contributed by atoms with Crippen LogP contribution in [0.3, 0.4) is 0 Å². The monoisotopic (exact) mass is 216 g/mol. The minimum Gasteiger partial charge on any atom is -0.350 e. The second-order valence-corrected chi connectivity index (χ2v) is 3.21. The van der Waals surface area contributed by atoms with Crippen molar-refractivity contribution in [3.63, 3.8) is 0 Å². The Morgan fingerprint density at radius 3 is 2.82 bits per heavy atom. The molecule has 0 fully saturated rings. The Labute approximate surface area is 74.2 Å². The van der Waals surface area contributed by atoms with Gasteiger partial charge < -0.3 is 5.32 Å². The molecule has 0 saturated heterocycles. The van der Waals surface area contributed by atoms with E-state index in [9.17, 15) is 4.79 Å². The van der Waals surface area contributed by atoms with E-state index in [1.807, 2.05) is 6.07 Å². The first-order chi connectivity index (χ1) is 5.07. The lowest BCUT2D eigenvalue weighted by Gasteiger charge is -2.03. The maximum Gasteiger partial charge on any atom is 0.237 e. The summed E-state index contributed by atoms with van der Waals surface area (Å²) in [5.41, 5.74) is 0. The molecule has 1 N–H and O–H groups in total. The van der Waals surface area contributed by atoms with Crippen molar-refractivity contribution in [2.75, 3.05) is 6.54 Å². The zero-order chi connectivity index (χ0) is 8.85. The normalized spacial score (nSPS) is 11.4. The molecular formula is C7H9BrN2O. The van der Waals surface area contributed by atoms with Gasteiger partial charge in [-0.3, -0.25) is 4.79 Å². The van der Waals surface area contributed by atoms with Gasteiger partial charge in [-0.2, -0.15) is 5.26 Å². The number of hydrogen-bond acceptors (Lipinski definition) is 2. The van der Waals surface area contributed by atoms with Crippen molar-refractivity contribution >= 4 is 21.8 Å². The highest BCUT2D eigenvalue weighted by atomic mass is 79.9. The summed E-state index contributed by atoms with van der Waals surface area (Å²) in [6.07, 6.45) is 0. The topological polar surface area (TPSA) is 52.9 Å². The summed E-state index contributed by atoms with van der Waals surface area (Å²) >= 11 is 3.08. The van der Waals surface area contributed by atoms with Crippen LogP contribution in [0.15, 0.2) is 11.1 Å². The minimum atomic E-state index is -0.596. The fourth-order valence-electron chi connectivity index (χ4n) is 0.395. The SMILES string of the molecule is C=C(Br)CNC(=O)C(C)C#N. The number of nitrogens with one attached hydrogen (secondary N) is 1. The Balaban J connectivity index is 3.72. The van der Waals surface area contributed by atoms with Gasteiger partial charge >= 0.3 is 0 Å². The standard InChI is InChI=1S/C7H9BrN2O/c1-5(3-9)7(11)10-4-6(2)8/h5H,2,4H2,1H3,(H,10,11). The zero-order valence-corrected chi connectivity index (χ0v) is 7.81. The first-order valence-corrected chi connectivity index (χ1v) is 3.88. The van der Waals surface area contributed by atoms with E-state index in [1.165, 1.54) is 0 Å². The van der Waals surface area contributed by atoms with Gasteiger partial charge in [0.1, 0.15) is 5.92 Å². The van der Waals surface area contributed by atoms with Gasteiger partial charge in [-0.25, -0.2) is 0 Å². The lowest BCUT2D eigenvalue weighted by Crippen LogP contribution is -2.29. The largest absolute Gasteiger partial charge is 0.350 e. The lowest BCUT2D eigenvalue weighted by atomic mass is 10.2. The minimum absolute atomic E-state index is 0.270. The number of nitriles is 1. The molecule has 60 valence electrons. The van der Waals surface area contributed by atoms with E-state index in [0.29, 0.717) is 11.0 Å². The summed E-state index contributed by atoms with van der Waals surface area (Å²) in [7, 11) is 0. The second kappa shape index (κ2) is 4.91. The molecular weight excluding hydrogens is 208 g/mol. The van der Waals surface area contributed by atoms with Crippen LogP contribution in [-0.4, -0.2) is 12.5 Å². The molecule has 0 rings (SSSR count). The molecule has 0 aliphatic rings. The van der Waals surface area contributed by atoms with Crippen LogP contribution in [0, 0.1) is 17.2 Å². The van der Waals surface area contributed by atoms with Crippen LogP contribution in [0.2, 0.25) is 0 Å². The van der Waals surface area contributed by atoms with Crippen LogP contribution in [0.5, 0.6) is 0 Å². The van der Waals surface area contributed by atoms with Gasteiger partial charge in [0, 0.05) is 11.0 Å². The summed E-state index contributed by atoms with van der Waals surface area (Å²) in [5, 5.41) is 10.9. The van der Waals surface area contributed by atoms with Crippen molar-refractivity contribution in [2.45, 2.75) is 6.92 Å². The molecule has 0 bridgehead atoms. The van der Waals surface area contributed by atoms with Crippen LogP contribution in [0.4, 0.5) is 0 Å². The van der Waals surface area contributed by atoms with E-state index in [0.717, 1.165) is 0 Å². The average Bonchev–Trinajstić information content (AvgIpc) is 1.98. The molecule has 0 aromatic rings. The van der Waals surface area contributed by atoms with Gasteiger partial charge in [0.2, 0.25) is 5.91 Å². The summed E-state index contributed by atoms with van der Waals surface area (Å²) < 4.78 is 0.691. The molecule has 11 heavy (non-hydrogen) atoms. The molecule has 1 unspecified atom stereocenters. The smallest absolute Gasteiger partial charge is 0.237 e. The van der Waals surface area contributed by atoms with E-state index in [4.69, 9.17) is 5.26 Å². The van der Waals surface area contributed by atoms with E-state index in [2.05, 4.69) is 27.8 Å². The van der Waals surface area contributed by atoms with Crippen molar-refractivity contribution in [1.82, 2.24) is 5.32 Å². The van der Waals surface area contributed by atoms with Gasteiger partial charge in [-0.15, -0.1) is 0 Å². The fraction of sp³-hybridized carbons (Fsp3) is 0.429. The van der Waals surface area contributed by atoms with Crippen molar-refractivity contribution in [3.05, 3.63) is 11.1 Å². The third-order valence-corrected chi connectivity index (χ3v) is 1.32. The molecule has 1 atom stereocenters. The molecule has 0 aliphatic carbocycles. The molecule has 0 radical (unpaired) electrons. The number of rotatable bonds is 3. The van der Waals surface area contributed by atoms with Gasteiger partial charge in [0.25, 0.3) is 0 Å². The number of carbonyl (C=O) groups excluding carboxylic acids is 1. The van der Waals surface area contributed by atoms with Crippen LogP contribution in [0.1, 0.15) is 6.92 Å². The third kappa shape index (κ3) is 4.57. The van der Waals surface area contributed by atoms with E-state index in [-0.39, 0.29) is 5.91 Å². The zero-order valence-electron chi connectivity index (χ0n) is 6.22. The predicted molar refractivity (Wildman–Crippen MR) is 45.9 cm³/mol. The maximum atomic E-state index is 10.9. The Hall–Kier alpha value is -0.820. The Kier molecular flexibility index (Phi) is 4.55. The highest BCUT2D eigenvalue weighted by Crippen LogP contribution is 1.98. The van der Waals surface area contributed by atoms with Gasteiger partial charge in [-0.05, 0) is 6.92 Å². The maximum absolute atomic E-state index is 10.9. The van der Waals surface area contributed by atoms with E-state index < -0.39 is 5.92 Å². The van der Waals surface area contributed by atoms with Crippen molar-refractivity contribution in [1.29, 1.82) is 5.26 Å². The number of hydrogen-bond donors (Lipinski definition) is 1. The predicted octanol–water partition coefficient (Wildman–Crippen LogP) is 1.17. The summed E-state index contributed by atoms with van der Waals surface area (Å²) in [6.45, 7) is 5.45. The van der Waals surface area contributed by atoms with Crippen LogP contribution < -0.4 is 5.32 Å². The first-order valence-electron chi connectivity index (χ1n) is 3.08. The van der Waals surface area contributed by atoms with Crippen LogP contribution in [0.25, 0.3) is 0 Å². The first kappa shape index (κ1) is 10.2. The molecule has 0 aliphatic heterocycles. The van der Waals surface area contributed by atoms with Crippen LogP contribution in [-0.2, 0) is 4.79 Å². The molecule has 0 saturated carbocycles. The molecule has 3 nitrogen and oxygen atoms in total. The Bertz CT molecular complexity index is 207. The number of halogens is 1. The summed E-state index contributed by atoms with van der Waals surface area (Å²) in [4.78, 5) is 10.9. The highest BCUT2D eigenvalue weighted by molar-refractivity contribution is 9.11. The molecule has 0 aromatic carbocycles. The summed E-state index contributed by atoms with van der Waals surface area (Å²) in [6, 6.07) is 1.83. The Morgan fingerprint density at radius 1 is 1.91 bits per heavy atom. The fourth-order valence-corrected chi connectivity index (χ4v) is 0.535. The van der Waals surface area contributed by atoms with Gasteiger partial charge in [-0.1, -0.05) is 22.5 Å². The lowest BCUT2D eigenvalue weighted by molar-refractivity contribution is -0.122. The van der Waals surface area contributed by atoms with Crippen LogP contribution >= 0.6 is 15.9 Å². The second-order valence-electron chi connectivity index (χ2n) is 2.09. The van der Waals surface area contributed by atoms with Gasteiger partial charge in [0.05, 0.1) is 6.07 Å². The molecule has 0 aromatic heterocycles. The number of carbonyl (C=O) groups is 1. The van der Waals surface area contributed by atoms with Crippen molar-refractivity contribution < 1.29 is 4.79 Å². The molecule has 0 heterocycles. The van der Waals surface area contributed by atoms with Crippen molar-refractivity contribution in [2.24, 2.45) is 5.92 Å². The molecule has 4 heteroatoms. The number of amides is 1. The summed E-state index contributed by atoms with van der Waals surface area (Å²) in [5.74, 6) is -0.866.